The topological polar surface area (TPSA) is 76.4 Å². The van der Waals surface area contributed by atoms with Gasteiger partial charge in [-0.3, -0.25) is 4.90 Å². The zero-order chi connectivity index (χ0) is 18.8. The molecule has 0 amide bonds. The number of benzene rings is 1. The lowest BCUT2D eigenvalue weighted by atomic mass is 10.0. The molecule has 0 spiro atoms. The minimum atomic E-state index is 0.250. The quantitative estimate of drug-likeness (QED) is 0.728. The van der Waals surface area contributed by atoms with Gasteiger partial charge in [0.05, 0.1) is 6.54 Å². The number of hydrogen-bond acceptors (Lipinski definition) is 6. The summed E-state index contributed by atoms with van der Waals surface area (Å²) in [6.45, 7) is 4.27. The van der Waals surface area contributed by atoms with Gasteiger partial charge < -0.3 is 19.0 Å². The summed E-state index contributed by atoms with van der Waals surface area (Å²) in [7, 11) is 0. The van der Waals surface area contributed by atoms with Crippen molar-refractivity contribution in [2.24, 2.45) is 0 Å². The van der Waals surface area contributed by atoms with E-state index in [0.29, 0.717) is 5.92 Å². The Balaban J connectivity index is 1.14. The molecule has 2 saturated heterocycles. The fourth-order valence-corrected chi connectivity index (χ4v) is 4.17. The first-order valence-electron chi connectivity index (χ1n) is 10.2. The highest BCUT2D eigenvalue weighted by molar-refractivity contribution is 5.85. The smallest absolute Gasteiger partial charge is 0.229 e. The third kappa shape index (κ3) is 3.77. The van der Waals surface area contributed by atoms with Crippen molar-refractivity contribution in [3.63, 3.8) is 0 Å². The number of aromatic amines is 1. The molecule has 7 heteroatoms. The van der Waals surface area contributed by atoms with Crippen LogP contribution in [0.1, 0.15) is 43.3 Å². The maximum Gasteiger partial charge on any atom is 0.229 e. The van der Waals surface area contributed by atoms with Crippen molar-refractivity contribution in [3.8, 4) is 5.75 Å². The summed E-state index contributed by atoms with van der Waals surface area (Å²) < 4.78 is 17.2. The molecule has 0 unspecified atom stereocenters. The maximum atomic E-state index is 6.30. The molecule has 1 aromatic carbocycles. The van der Waals surface area contributed by atoms with Gasteiger partial charge in [-0.05, 0) is 43.9 Å². The first kappa shape index (κ1) is 17.7. The first-order chi connectivity index (χ1) is 13.8. The van der Waals surface area contributed by atoms with E-state index in [1.54, 1.807) is 0 Å². The van der Waals surface area contributed by atoms with Crippen molar-refractivity contribution < 1.29 is 14.0 Å². The Morgan fingerprint density at radius 1 is 1.11 bits per heavy atom. The fourth-order valence-electron chi connectivity index (χ4n) is 4.17. The van der Waals surface area contributed by atoms with Gasteiger partial charge in [-0.25, -0.2) is 0 Å². The SMILES string of the molecule is c1cc(OC2CCN(Cc3noc(C4CCOCC4)n3)CC2)c2cc[nH]c2c1. The molecule has 0 radical (unpaired) electrons. The fraction of sp³-hybridized carbons (Fsp3) is 0.524. The molecule has 0 aliphatic carbocycles. The molecule has 7 nitrogen and oxygen atoms in total. The number of piperidine rings is 1. The Labute approximate surface area is 164 Å². The lowest BCUT2D eigenvalue weighted by Crippen LogP contribution is -2.38. The van der Waals surface area contributed by atoms with Gasteiger partial charge in [0, 0.05) is 49.3 Å². The molecule has 28 heavy (non-hydrogen) atoms. The second-order valence-electron chi connectivity index (χ2n) is 7.72. The molecule has 5 rings (SSSR count). The number of aromatic nitrogens is 3. The van der Waals surface area contributed by atoms with E-state index in [1.165, 1.54) is 0 Å². The van der Waals surface area contributed by atoms with Crippen molar-refractivity contribution in [2.75, 3.05) is 26.3 Å². The maximum absolute atomic E-state index is 6.30. The van der Waals surface area contributed by atoms with Gasteiger partial charge in [0.25, 0.3) is 0 Å². The molecule has 2 aliphatic heterocycles. The summed E-state index contributed by atoms with van der Waals surface area (Å²) in [5.41, 5.74) is 1.12. The molecule has 4 heterocycles. The number of nitrogens with one attached hydrogen (secondary N) is 1. The van der Waals surface area contributed by atoms with Crippen molar-refractivity contribution >= 4 is 10.9 Å². The summed E-state index contributed by atoms with van der Waals surface area (Å²) in [5.74, 6) is 2.89. The zero-order valence-electron chi connectivity index (χ0n) is 16.0. The Morgan fingerprint density at radius 2 is 1.96 bits per heavy atom. The highest BCUT2D eigenvalue weighted by Gasteiger charge is 2.25. The van der Waals surface area contributed by atoms with Gasteiger partial charge in [0.2, 0.25) is 5.89 Å². The second kappa shape index (κ2) is 7.93. The molecule has 2 fully saturated rings. The van der Waals surface area contributed by atoms with Crippen LogP contribution < -0.4 is 4.74 Å². The molecular weight excluding hydrogens is 356 g/mol. The van der Waals surface area contributed by atoms with Crippen molar-refractivity contribution in [1.82, 2.24) is 20.0 Å². The zero-order valence-corrected chi connectivity index (χ0v) is 16.0. The van der Waals surface area contributed by atoms with E-state index in [9.17, 15) is 0 Å². The second-order valence-corrected chi connectivity index (χ2v) is 7.72. The Morgan fingerprint density at radius 3 is 2.82 bits per heavy atom. The lowest BCUT2D eigenvalue weighted by molar-refractivity contribution is 0.0778. The third-order valence-electron chi connectivity index (χ3n) is 5.80. The predicted octanol–water partition coefficient (Wildman–Crippen LogP) is 3.49. The average Bonchev–Trinajstić information content (AvgIpc) is 3.40. The van der Waals surface area contributed by atoms with Crippen LogP contribution in [0.2, 0.25) is 0 Å². The monoisotopic (exact) mass is 382 g/mol. The van der Waals surface area contributed by atoms with Crippen molar-refractivity contribution in [3.05, 3.63) is 42.2 Å². The first-order valence-corrected chi connectivity index (χ1v) is 10.2. The number of fused-ring (bicyclic) bond motifs is 1. The van der Waals surface area contributed by atoms with Crippen LogP contribution in [0.25, 0.3) is 10.9 Å². The number of H-pyrrole nitrogens is 1. The minimum Gasteiger partial charge on any atom is -0.490 e. The van der Waals surface area contributed by atoms with Gasteiger partial charge in [-0.1, -0.05) is 11.2 Å². The molecule has 3 aromatic rings. The summed E-state index contributed by atoms with van der Waals surface area (Å²) in [5, 5.41) is 5.35. The van der Waals surface area contributed by atoms with E-state index in [1.807, 2.05) is 12.3 Å². The largest absolute Gasteiger partial charge is 0.490 e. The highest BCUT2D eigenvalue weighted by atomic mass is 16.5. The Bertz CT molecular complexity index is 907. The summed E-state index contributed by atoms with van der Waals surface area (Å²) >= 11 is 0. The van der Waals surface area contributed by atoms with Crippen LogP contribution in [0.15, 0.2) is 35.0 Å². The Hall–Kier alpha value is -2.38. The van der Waals surface area contributed by atoms with E-state index < -0.39 is 0 Å². The normalized spacial score (nSPS) is 20.0. The highest BCUT2D eigenvalue weighted by Crippen LogP contribution is 2.28. The molecule has 0 saturated carbocycles. The van der Waals surface area contributed by atoms with Crippen LogP contribution >= 0.6 is 0 Å². The number of ether oxygens (including phenoxy) is 2. The van der Waals surface area contributed by atoms with Crippen LogP contribution in [0.3, 0.4) is 0 Å². The number of likely N-dealkylation sites (tertiary alicyclic amines) is 1. The van der Waals surface area contributed by atoms with Crippen LogP contribution in [0.4, 0.5) is 0 Å². The van der Waals surface area contributed by atoms with Crippen LogP contribution in [-0.4, -0.2) is 52.4 Å². The van der Waals surface area contributed by atoms with E-state index in [4.69, 9.17) is 14.0 Å². The molecule has 148 valence electrons. The van der Waals surface area contributed by atoms with Crippen LogP contribution in [-0.2, 0) is 11.3 Å². The minimum absolute atomic E-state index is 0.250. The van der Waals surface area contributed by atoms with Crippen molar-refractivity contribution in [2.45, 2.75) is 44.2 Å². The van der Waals surface area contributed by atoms with Crippen LogP contribution in [0, 0.1) is 0 Å². The summed E-state index contributed by atoms with van der Waals surface area (Å²) in [6, 6.07) is 8.24. The predicted molar refractivity (Wildman–Crippen MR) is 104 cm³/mol. The van der Waals surface area contributed by atoms with Crippen molar-refractivity contribution in [1.29, 1.82) is 0 Å². The molecule has 2 aromatic heterocycles. The molecule has 0 atom stereocenters. The van der Waals surface area contributed by atoms with Gasteiger partial charge >= 0.3 is 0 Å². The standard InChI is InChI=1S/C21H26N4O3/c1-2-18-17(4-9-22-18)19(3-1)27-16-5-10-25(11-6-16)14-20-23-21(28-24-20)15-7-12-26-13-8-15/h1-4,9,15-16,22H,5-8,10-14H2. The van der Waals surface area contributed by atoms with E-state index in [0.717, 1.165) is 86.9 Å². The van der Waals surface area contributed by atoms with Gasteiger partial charge in [0.1, 0.15) is 11.9 Å². The van der Waals surface area contributed by atoms with Gasteiger partial charge in [0.15, 0.2) is 5.82 Å². The Kier molecular flexibility index (Phi) is 5.01. The molecule has 0 bridgehead atoms. The van der Waals surface area contributed by atoms with E-state index in [-0.39, 0.29) is 6.10 Å². The van der Waals surface area contributed by atoms with E-state index in [2.05, 4.69) is 38.2 Å². The average molecular weight is 382 g/mol. The number of nitrogens with zero attached hydrogens (tertiary/aromatic N) is 3. The molecule has 2 aliphatic rings. The number of rotatable bonds is 5. The number of hydrogen-bond donors (Lipinski definition) is 1. The summed E-state index contributed by atoms with van der Waals surface area (Å²) in [6.07, 6.45) is 6.16. The molecule has 1 N–H and O–H groups in total. The van der Waals surface area contributed by atoms with Gasteiger partial charge in [-0.2, -0.15) is 4.98 Å². The van der Waals surface area contributed by atoms with E-state index >= 15 is 0 Å². The summed E-state index contributed by atoms with van der Waals surface area (Å²) in [4.78, 5) is 10.3. The van der Waals surface area contributed by atoms with Gasteiger partial charge in [-0.15, -0.1) is 0 Å². The van der Waals surface area contributed by atoms with Crippen LogP contribution in [0.5, 0.6) is 5.75 Å². The lowest BCUT2D eigenvalue weighted by Gasteiger charge is -2.31. The molecular formula is C21H26N4O3. The third-order valence-corrected chi connectivity index (χ3v) is 5.80.